The molecular formula is C11H17F3N4O2. The fourth-order valence-corrected chi connectivity index (χ4v) is 1.27. The van der Waals surface area contributed by atoms with Gasteiger partial charge < -0.3 is 20.5 Å². The lowest BCUT2D eigenvalue weighted by atomic mass is 10.4. The number of nitrogens with two attached hydrogens (primary N) is 1. The first-order valence-electron chi connectivity index (χ1n) is 5.95. The Balaban J connectivity index is 2.44. The van der Waals surface area contributed by atoms with Gasteiger partial charge >= 0.3 is 6.18 Å². The topological polar surface area (TPSA) is 82.3 Å². The summed E-state index contributed by atoms with van der Waals surface area (Å²) in [4.78, 5) is 7.77. The number of hydrogen-bond acceptors (Lipinski definition) is 6. The molecule has 0 aliphatic heterocycles. The summed E-state index contributed by atoms with van der Waals surface area (Å²) in [6, 6.07) is 0. The number of nitrogen functional groups attached to an aromatic ring is 1. The Labute approximate surface area is 114 Å². The van der Waals surface area contributed by atoms with Crippen LogP contribution < -0.4 is 15.8 Å². The molecule has 0 amide bonds. The molecule has 0 atom stereocenters. The van der Waals surface area contributed by atoms with Crippen molar-refractivity contribution in [2.45, 2.75) is 26.1 Å². The number of anilines is 2. The minimum Gasteiger partial charge on any atom is -0.473 e. The molecule has 0 aromatic carbocycles. The van der Waals surface area contributed by atoms with E-state index in [2.05, 4.69) is 20.0 Å². The Morgan fingerprint density at radius 1 is 1.35 bits per heavy atom. The fourth-order valence-electron chi connectivity index (χ4n) is 1.27. The van der Waals surface area contributed by atoms with Crippen molar-refractivity contribution in [2.24, 2.45) is 0 Å². The number of rotatable bonds is 7. The van der Waals surface area contributed by atoms with Crippen LogP contribution in [0.5, 0.6) is 5.88 Å². The first-order valence-corrected chi connectivity index (χ1v) is 5.95. The van der Waals surface area contributed by atoms with Crippen molar-refractivity contribution in [1.29, 1.82) is 0 Å². The summed E-state index contributed by atoms with van der Waals surface area (Å²) < 4.78 is 45.3. The quantitative estimate of drug-likeness (QED) is 0.747. The summed E-state index contributed by atoms with van der Waals surface area (Å²) in [7, 11) is 0. The van der Waals surface area contributed by atoms with Crippen LogP contribution in [0.4, 0.5) is 24.7 Å². The van der Waals surface area contributed by atoms with Gasteiger partial charge in [-0.3, -0.25) is 0 Å². The second kappa shape index (κ2) is 7.13. The fraction of sp³-hybridized carbons (Fsp3) is 0.636. The molecule has 20 heavy (non-hydrogen) atoms. The van der Waals surface area contributed by atoms with E-state index in [4.69, 9.17) is 10.5 Å². The van der Waals surface area contributed by atoms with E-state index in [1.165, 1.54) is 6.33 Å². The Morgan fingerprint density at radius 2 is 2.05 bits per heavy atom. The van der Waals surface area contributed by atoms with Crippen LogP contribution >= 0.6 is 0 Å². The van der Waals surface area contributed by atoms with Gasteiger partial charge in [0.25, 0.3) is 0 Å². The lowest BCUT2D eigenvalue weighted by Gasteiger charge is -2.14. The number of ether oxygens (including phenoxy) is 2. The van der Waals surface area contributed by atoms with Gasteiger partial charge in [-0.1, -0.05) is 0 Å². The van der Waals surface area contributed by atoms with Crippen LogP contribution in [0, 0.1) is 0 Å². The molecule has 0 saturated heterocycles. The van der Waals surface area contributed by atoms with Crippen molar-refractivity contribution < 1.29 is 22.6 Å². The summed E-state index contributed by atoms with van der Waals surface area (Å²) in [6.45, 7) is 2.37. The number of halogens is 3. The maximum absolute atomic E-state index is 11.8. The zero-order valence-corrected chi connectivity index (χ0v) is 11.2. The Hall–Kier alpha value is -1.77. The van der Waals surface area contributed by atoms with Crippen LogP contribution in [-0.4, -0.2) is 42.0 Å². The average Bonchev–Trinajstić information content (AvgIpc) is 2.31. The molecule has 0 spiro atoms. The largest absolute Gasteiger partial charge is 0.473 e. The predicted octanol–water partition coefficient (Wildman–Crippen LogP) is 1.84. The molecule has 1 aromatic heterocycles. The normalized spacial score (nSPS) is 11.7. The molecule has 1 aromatic rings. The third-order valence-corrected chi connectivity index (χ3v) is 2.00. The first-order chi connectivity index (χ1) is 9.29. The first kappa shape index (κ1) is 16.3. The highest BCUT2D eigenvalue weighted by atomic mass is 19.4. The molecule has 0 saturated carbocycles. The van der Waals surface area contributed by atoms with Crippen molar-refractivity contribution >= 4 is 11.5 Å². The lowest BCUT2D eigenvalue weighted by molar-refractivity contribution is -0.172. The van der Waals surface area contributed by atoms with E-state index in [0.717, 1.165) is 0 Å². The Morgan fingerprint density at radius 3 is 2.65 bits per heavy atom. The average molecular weight is 294 g/mol. The highest BCUT2D eigenvalue weighted by molar-refractivity contribution is 5.66. The van der Waals surface area contributed by atoms with E-state index in [0.29, 0.717) is 5.82 Å². The molecule has 0 bridgehead atoms. The van der Waals surface area contributed by atoms with E-state index < -0.39 is 12.8 Å². The number of hydrogen-bond donors (Lipinski definition) is 2. The van der Waals surface area contributed by atoms with Gasteiger partial charge in [0.1, 0.15) is 18.6 Å². The second-order valence-corrected chi connectivity index (χ2v) is 4.20. The van der Waals surface area contributed by atoms with Crippen molar-refractivity contribution in [3.63, 3.8) is 0 Å². The van der Waals surface area contributed by atoms with E-state index in [1.54, 1.807) is 0 Å². The van der Waals surface area contributed by atoms with Gasteiger partial charge in [0.15, 0.2) is 5.82 Å². The van der Waals surface area contributed by atoms with Crippen LogP contribution in [0.3, 0.4) is 0 Å². The maximum atomic E-state index is 11.8. The van der Waals surface area contributed by atoms with Gasteiger partial charge in [0.05, 0.1) is 12.7 Å². The summed E-state index contributed by atoms with van der Waals surface area (Å²) in [5.74, 6) is 0.528. The Bertz CT molecular complexity index is 427. The van der Waals surface area contributed by atoms with Crippen LogP contribution in [0.25, 0.3) is 0 Å². The number of nitrogens with zero attached hydrogens (tertiary/aromatic N) is 2. The predicted molar refractivity (Wildman–Crippen MR) is 67.6 cm³/mol. The molecule has 0 radical (unpaired) electrons. The molecule has 0 fully saturated rings. The standard InChI is InChI=1S/C11H17F3N4O2/c1-7(2)20-10-8(15)9(17-6-18-10)16-3-4-19-5-11(12,13)14/h6-7H,3-5,15H2,1-2H3,(H,16,17,18). The monoisotopic (exact) mass is 294 g/mol. The van der Waals surface area contributed by atoms with E-state index in [1.807, 2.05) is 13.8 Å². The number of nitrogens with one attached hydrogen (secondary N) is 1. The van der Waals surface area contributed by atoms with Gasteiger partial charge in [-0.2, -0.15) is 18.2 Å². The minimum atomic E-state index is -4.33. The highest BCUT2D eigenvalue weighted by Gasteiger charge is 2.27. The van der Waals surface area contributed by atoms with Crippen molar-refractivity contribution in [1.82, 2.24) is 9.97 Å². The van der Waals surface area contributed by atoms with Crippen molar-refractivity contribution in [3.05, 3.63) is 6.33 Å². The van der Waals surface area contributed by atoms with Crippen molar-refractivity contribution in [2.75, 3.05) is 30.8 Å². The van der Waals surface area contributed by atoms with Gasteiger partial charge in [-0.25, -0.2) is 4.98 Å². The molecule has 9 heteroatoms. The van der Waals surface area contributed by atoms with Gasteiger partial charge in [0, 0.05) is 6.54 Å². The van der Waals surface area contributed by atoms with Crippen LogP contribution in [0.2, 0.25) is 0 Å². The van der Waals surface area contributed by atoms with Gasteiger partial charge in [-0.15, -0.1) is 0 Å². The molecule has 0 aliphatic rings. The van der Waals surface area contributed by atoms with Crippen LogP contribution in [0.1, 0.15) is 13.8 Å². The van der Waals surface area contributed by atoms with E-state index >= 15 is 0 Å². The molecule has 1 rings (SSSR count). The SMILES string of the molecule is CC(C)Oc1ncnc(NCCOCC(F)(F)F)c1N. The van der Waals surface area contributed by atoms with Gasteiger partial charge in [-0.05, 0) is 13.8 Å². The van der Waals surface area contributed by atoms with Gasteiger partial charge in [0.2, 0.25) is 5.88 Å². The maximum Gasteiger partial charge on any atom is 0.411 e. The number of alkyl halides is 3. The molecule has 6 nitrogen and oxygen atoms in total. The number of aromatic nitrogens is 2. The molecule has 3 N–H and O–H groups in total. The van der Waals surface area contributed by atoms with Crippen LogP contribution in [0.15, 0.2) is 6.33 Å². The van der Waals surface area contributed by atoms with E-state index in [-0.39, 0.29) is 30.8 Å². The zero-order chi connectivity index (χ0) is 15.2. The summed E-state index contributed by atoms with van der Waals surface area (Å²) >= 11 is 0. The second-order valence-electron chi connectivity index (χ2n) is 4.20. The molecular weight excluding hydrogens is 277 g/mol. The molecule has 0 unspecified atom stereocenters. The van der Waals surface area contributed by atoms with Crippen LogP contribution in [-0.2, 0) is 4.74 Å². The lowest BCUT2D eigenvalue weighted by Crippen LogP contribution is -2.20. The molecule has 114 valence electrons. The molecule has 0 aliphatic carbocycles. The third-order valence-electron chi connectivity index (χ3n) is 2.00. The zero-order valence-electron chi connectivity index (χ0n) is 11.2. The summed E-state index contributed by atoms with van der Waals surface area (Å²) in [5.41, 5.74) is 5.99. The molecule has 1 heterocycles. The van der Waals surface area contributed by atoms with E-state index in [9.17, 15) is 13.2 Å². The summed E-state index contributed by atoms with van der Waals surface area (Å²) in [6.07, 6.45) is -3.17. The van der Waals surface area contributed by atoms with Crippen molar-refractivity contribution in [3.8, 4) is 5.88 Å². The smallest absolute Gasteiger partial charge is 0.411 e. The highest BCUT2D eigenvalue weighted by Crippen LogP contribution is 2.25. The minimum absolute atomic E-state index is 0.102. The summed E-state index contributed by atoms with van der Waals surface area (Å²) in [5, 5.41) is 2.76. The third kappa shape index (κ3) is 5.91. The Kier molecular flexibility index (Phi) is 5.81.